The molecule has 1 aromatic carbocycles. The number of morpholine rings is 1. The number of rotatable bonds is 1. The van der Waals surface area contributed by atoms with Gasteiger partial charge in [-0.05, 0) is 18.6 Å². The van der Waals surface area contributed by atoms with Gasteiger partial charge in [0, 0.05) is 25.6 Å². The second-order valence-electron chi connectivity index (χ2n) is 4.75. The quantitative estimate of drug-likeness (QED) is 0.747. The normalized spacial score (nSPS) is 23.4. The molecule has 4 heteroatoms. The van der Waals surface area contributed by atoms with Gasteiger partial charge in [0.2, 0.25) is 0 Å². The smallest absolute Gasteiger partial charge is 0.125 e. The third kappa shape index (κ3) is 1.93. The molecular formula is C13H18N2O2. The molecule has 2 aliphatic heterocycles. The summed E-state index contributed by atoms with van der Waals surface area (Å²) in [6.07, 6.45) is 1.23. The molecule has 1 fully saturated rings. The van der Waals surface area contributed by atoms with Crippen LogP contribution in [0.2, 0.25) is 0 Å². The van der Waals surface area contributed by atoms with E-state index in [2.05, 4.69) is 24.0 Å². The minimum absolute atomic E-state index is 0.268. The van der Waals surface area contributed by atoms with Gasteiger partial charge >= 0.3 is 0 Å². The molecule has 0 aromatic heterocycles. The lowest BCUT2D eigenvalue weighted by atomic mass is 10.1. The van der Waals surface area contributed by atoms with E-state index >= 15 is 0 Å². The molecule has 92 valence electrons. The molecule has 2 heterocycles. The van der Waals surface area contributed by atoms with Gasteiger partial charge in [0.25, 0.3) is 0 Å². The Kier molecular flexibility index (Phi) is 2.59. The second kappa shape index (κ2) is 4.11. The number of nitrogen functional groups attached to an aromatic ring is 1. The summed E-state index contributed by atoms with van der Waals surface area (Å²) < 4.78 is 11.1. The van der Waals surface area contributed by atoms with Crippen LogP contribution in [-0.4, -0.2) is 32.4 Å². The second-order valence-corrected chi connectivity index (χ2v) is 4.75. The number of anilines is 2. The number of nitrogens with zero attached hydrogens (tertiary/aromatic N) is 1. The van der Waals surface area contributed by atoms with Crippen LogP contribution >= 0.6 is 0 Å². The van der Waals surface area contributed by atoms with E-state index in [4.69, 9.17) is 15.2 Å². The van der Waals surface area contributed by atoms with Gasteiger partial charge in [0.1, 0.15) is 11.9 Å². The number of hydrogen-bond acceptors (Lipinski definition) is 4. The monoisotopic (exact) mass is 234 g/mol. The fraction of sp³-hybridized carbons (Fsp3) is 0.538. The number of nitrogens with two attached hydrogens (primary N) is 1. The first-order valence-electron chi connectivity index (χ1n) is 6.16. The number of benzene rings is 1. The van der Waals surface area contributed by atoms with E-state index in [0.29, 0.717) is 0 Å². The molecule has 17 heavy (non-hydrogen) atoms. The van der Waals surface area contributed by atoms with Gasteiger partial charge in [-0.3, -0.25) is 0 Å². The summed E-state index contributed by atoms with van der Waals surface area (Å²) in [5.41, 5.74) is 9.30. The molecule has 0 bridgehead atoms. The lowest BCUT2D eigenvalue weighted by Gasteiger charge is -2.30. The van der Waals surface area contributed by atoms with Gasteiger partial charge in [-0.25, -0.2) is 0 Å². The number of ether oxygens (including phenoxy) is 2. The zero-order chi connectivity index (χ0) is 11.8. The van der Waals surface area contributed by atoms with Crippen LogP contribution in [0.15, 0.2) is 12.1 Å². The predicted octanol–water partition coefficient (Wildman–Crippen LogP) is 1.43. The minimum atomic E-state index is 0.268. The summed E-state index contributed by atoms with van der Waals surface area (Å²) in [5, 5.41) is 0. The third-order valence-corrected chi connectivity index (χ3v) is 3.40. The highest BCUT2D eigenvalue weighted by molar-refractivity contribution is 5.72. The maximum absolute atomic E-state index is 6.13. The summed E-state index contributed by atoms with van der Waals surface area (Å²) in [7, 11) is 0. The molecule has 0 radical (unpaired) electrons. The van der Waals surface area contributed by atoms with Crippen molar-refractivity contribution in [2.24, 2.45) is 0 Å². The summed E-state index contributed by atoms with van der Waals surface area (Å²) in [6.45, 7) is 5.43. The maximum atomic E-state index is 6.13. The van der Waals surface area contributed by atoms with Crippen LogP contribution in [-0.2, 0) is 11.2 Å². The molecule has 0 amide bonds. The van der Waals surface area contributed by atoms with Crippen LogP contribution in [0.1, 0.15) is 12.5 Å². The largest absolute Gasteiger partial charge is 0.490 e. The molecular weight excluding hydrogens is 216 g/mol. The van der Waals surface area contributed by atoms with E-state index in [-0.39, 0.29) is 6.10 Å². The molecule has 1 unspecified atom stereocenters. The van der Waals surface area contributed by atoms with Crippen LogP contribution in [0.5, 0.6) is 5.75 Å². The first-order chi connectivity index (χ1) is 8.24. The maximum Gasteiger partial charge on any atom is 0.125 e. The summed E-state index contributed by atoms with van der Waals surface area (Å²) in [4.78, 5) is 2.27. The lowest BCUT2D eigenvalue weighted by molar-refractivity contribution is 0.122. The molecule has 2 aliphatic rings. The molecule has 1 aromatic rings. The van der Waals surface area contributed by atoms with E-state index < -0.39 is 0 Å². The van der Waals surface area contributed by atoms with Crippen molar-refractivity contribution in [2.45, 2.75) is 19.4 Å². The van der Waals surface area contributed by atoms with Gasteiger partial charge in [-0.15, -0.1) is 0 Å². The summed E-state index contributed by atoms with van der Waals surface area (Å²) >= 11 is 0. The minimum Gasteiger partial charge on any atom is -0.490 e. The first-order valence-corrected chi connectivity index (χ1v) is 6.16. The van der Waals surface area contributed by atoms with E-state index in [1.54, 1.807) is 0 Å². The Balaban J connectivity index is 1.92. The Morgan fingerprint density at radius 3 is 2.82 bits per heavy atom. The lowest BCUT2D eigenvalue weighted by Crippen LogP contribution is -2.36. The van der Waals surface area contributed by atoms with Crippen LogP contribution in [0.3, 0.4) is 0 Å². The Morgan fingerprint density at radius 2 is 2.06 bits per heavy atom. The fourth-order valence-electron chi connectivity index (χ4n) is 2.55. The highest BCUT2D eigenvalue weighted by Gasteiger charge is 2.23. The molecule has 2 N–H and O–H groups in total. The summed E-state index contributed by atoms with van der Waals surface area (Å²) in [6, 6.07) is 4.14. The Labute approximate surface area is 101 Å². The molecule has 3 rings (SSSR count). The van der Waals surface area contributed by atoms with Gasteiger partial charge in [0.15, 0.2) is 0 Å². The zero-order valence-electron chi connectivity index (χ0n) is 10.1. The van der Waals surface area contributed by atoms with Crippen molar-refractivity contribution in [1.82, 2.24) is 0 Å². The van der Waals surface area contributed by atoms with Gasteiger partial charge in [-0.2, -0.15) is 0 Å². The van der Waals surface area contributed by atoms with E-state index in [1.807, 2.05) is 0 Å². The van der Waals surface area contributed by atoms with Gasteiger partial charge in [0.05, 0.1) is 24.6 Å². The van der Waals surface area contributed by atoms with Gasteiger partial charge < -0.3 is 20.1 Å². The topological polar surface area (TPSA) is 47.7 Å². The van der Waals surface area contributed by atoms with Crippen LogP contribution in [0.25, 0.3) is 0 Å². The molecule has 1 atom stereocenters. The van der Waals surface area contributed by atoms with Crippen molar-refractivity contribution in [3.63, 3.8) is 0 Å². The SMILES string of the molecule is CC1Cc2cc(N)c(N3CCOCC3)cc2O1. The fourth-order valence-corrected chi connectivity index (χ4v) is 2.55. The van der Waals surface area contributed by atoms with E-state index in [9.17, 15) is 0 Å². The van der Waals surface area contributed by atoms with Crippen molar-refractivity contribution < 1.29 is 9.47 Å². The van der Waals surface area contributed by atoms with Crippen molar-refractivity contribution in [2.75, 3.05) is 36.9 Å². The Morgan fingerprint density at radius 1 is 1.29 bits per heavy atom. The van der Waals surface area contributed by atoms with E-state index in [1.165, 1.54) is 5.56 Å². The summed E-state index contributed by atoms with van der Waals surface area (Å²) in [5.74, 6) is 0.994. The molecule has 1 saturated heterocycles. The van der Waals surface area contributed by atoms with Crippen LogP contribution < -0.4 is 15.4 Å². The van der Waals surface area contributed by atoms with Crippen molar-refractivity contribution >= 4 is 11.4 Å². The van der Waals surface area contributed by atoms with E-state index in [0.717, 1.165) is 49.8 Å². The Bertz CT molecular complexity index is 428. The van der Waals surface area contributed by atoms with Crippen molar-refractivity contribution in [3.8, 4) is 5.75 Å². The van der Waals surface area contributed by atoms with Crippen molar-refractivity contribution in [3.05, 3.63) is 17.7 Å². The number of hydrogen-bond donors (Lipinski definition) is 1. The first kappa shape index (κ1) is 10.7. The molecule has 0 spiro atoms. The van der Waals surface area contributed by atoms with Crippen LogP contribution in [0.4, 0.5) is 11.4 Å². The average Bonchev–Trinajstić information content (AvgIpc) is 2.68. The highest BCUT2D eigenvalue weighted by Crippen LogP contribution is 2.37. The third-order valence-electron chi connectivity index (χ3n) is 3.40. The zero-order valence-corrected chi connectivity index (χ0v) is 10.1. The van der Waals surface area contributed by atoms with Crippen LogP contribution in [0, 0.1) is 0 Å². The van der Waals surface area contributed by atoms with Gasteiger partial charge in [-0.1, -0.05) is 0 Å². The predicted molar refractivity (Wildman–Crippen MR) is 67.7 cm³/mol. The standard InChI is InChI=1S/C13H18N2O2/c1-9-6-10-7-11(14)12(8-13(10)17-9)15-2-4-16-5-3-15/h7-9H,2-6,14H2,1H3. The Hall–Kier alpha value is -1.42. The molecule has 0 aliphatic carbocycles. The molecule has 4 nitrogen and oxygen atoms in total. The van der Waals surface area contributed by atoms with Crippen molar-refractivity contribution in [1.29, 1.82) is 0 Å². The number of fused-ring (bicyclic) bond motifs is 1. The highest BCUT2D eigenvalue weighted by atomic mass is 16.5. The average molecular weight is 234 g/mol. The molecule has 0 saturated carbocycles.